The van der Waals surface area contributed by atoms with Crippen molar-refractivity contribution in [2.45, 2.75) is 77.7 Å². The zero-order chi connectivity index (χ0) is 26.4. The molecular formula is C25H34BClN4O5. The quantitative estimate of drug-likeness (QED) is 0.500. The van der Waals surface area contributed by atoms with Gasteiger partial charge in [0, 0.05) is 12.1 Å². The zero-order valence-electron chi connectivity index (χ0n) is 21.6. The summed E-state index contributed by atoms with van der Waals surface area (Å²) in [5.41, 5.74) is 1.48. The summed E-state index contributed by atoms with van der Waals surface area (Å²) in [7, 11) is -0.458. The van der Waals surface area contributed by atoms with Gasteiger partial charge in [-0.3, -0.25) is 4.79 Å². The number of halogens is 1. The van der Waals surface area contributed by atoms with Gasteiger partial charge in [-0.1, -0.05) is 49.7 Å². The van der Waals surface area contributed by atoms with Crippen LogP contribution in [0.15, 0.2) is 24.3 Å². The molecule has 0 bridgehead atoms. The Morgan fingerprint density at radius 1 is 1.19 bits per heavy atom. The monoisotopic (exact) mass is 516 g/mol. The summed E-state index contributed by atoms with van der Waals surface area (Å²) in [6.07, 6.45) is 0.295. The minimum Gasteiger partial charge on any atom is -0.465 e. The van der Waals surface area contributed by atoms with Crippen molar-refractivity contribution in [1.29, 1.82) is 0 Å². The lowest BCUT2D eigenvalue weighted by molar-refractivity contribution is -0.135. The van der Waals surface area contributed by atoms with E-state index in [0.29, 0.717) is 29.6 Å². The lowest BCUT2D eigenvalue weighted by atomic mass is 9.79. The van der Waals surface area contributed by atoms with Crippen LogP contribution in [0.1, 0.15) is 66.3 Å². The number of imidazole rings is 1. The molecule has 3 N–H and O–H groups in total. The smallest absolute Gasteiger partial charge is 0.465 e. The number of amides is 2. The number of hydrogen-bond donors (Lipinski definition) is 3. The summed E-state index contributed by atoms with van der Waals surface area (Å²) >= 11 is 6.55. The van der Waals surface area contributed by atoms with Gasteiger partial charge in [0.15, 0.2) is 0 Å². The average Bonchev–Trinajstić information content (AvgIpc) is 3.47. The molecule has 2 atom stereocenters. The van der Waals surface area contributed by atoms with Gasteiger partial charge in [0.25, 0.3) is 0 Å². The summed E-state index contributed by atoms with van der Waals surface area (Å²) in [5.74, 6) is 0.151. The molecule has 2 saturated heterocycles. The normalized spacial score (nSPS) is 21.7. The first kappa shape index (κ1) is 26.5. The molecule has 1 aromatic carbocycles. The molecule has 11 heteroatoms. The van der Waals surface area contributed by atoms with E-state index in [-0.39, 0.29) is 17.9 Å². The number of likely N-dealkylation sites (tertiary alicyclic amines) is 1. The second kappa shape index (κ2) is 9.72. The topological polar surface area (TPSA) is 117 Å². The first-order valence-corrected chi connectivity index (χ1v) is 12.7. The number of nitrogens with zero attached hydrogens (tertiary/aromatic N) is 2. The third-order valence-corrected chi connectivity index (χ3v) is 7.72. The lowest BCUT2D eigenvalue weighted by Crippen LogP contribution is -2.50. The summed E-state index contributed by atoms with van der Waals surface area (Å²) in [4.78, 5) is 34.0. The second-order valence-corrected chi connectivity index (χ2v) is 11.2. The van der Waals surface area contributed by atoms with Crippen molar-refractivity contribution < 1.29 is 24.0 Å². The lowest BCUT2D eigenvalue weighted by Gasteiger charge is -2.32. The van der Waals surface area contributed by atoms with Crippen LogP contribution in [0, 0.1) is 5.92 Å². The minimum atomic E-state index is -1.22. The van der Waals surface area contributed by atoms with Gasteiger partial charge >= 0.3 is 13.2 Å². The van der Waals surface area contributed by atoms with Crippen LogP contribution in [0.25, 0.3) is 11.3 Å². The fourth-order valence-electron chi connectivity index (χ4n) is 4.64. The van der Waals surface area contributed by atoms with Crippen molar-refractivity contribution in [2.24, 2.45) is 5.92 Å². The van der Waals surface area contributed by atoms with Crippen LogP contribution < -0.4 is 10.8 Å². The van der Waals surface area contributed by atoms with Gasteiger partial charge < -0.3 is 29.6 Å². The Kier molecular flexibility index (Phi) is 7.16. The zero-order valence-corrected chi connectivity index (χ0v) is 22.3. The van der Waals surface area contributed by atoms with E-state index in [1.165, 1.54) is 0 Å². The number of hydrogen-bond acceptors (Lipinski definition) is 5. The van der Waals surface area contributed by atoms with Crippen LogP contribution in [0.5, 0.6) is 0 Å². The van der Waals surface area contributed by atoms with Crippen LogP contribution in [0.3, 0.4) is 0 Å². The molecule has 3 heterocycles. The Morgan fingerprint density at radius 2 is 1.81 bits per heavy atom. The molecular weight excluding hydrogens is 483 g/mol. The number of carbonyl (C=O) groups excluding carboxylic acids is 1. The molecule has 194 valence electrons. The number of aromatic nitrogens is 2. The van der Waals surface area contributed by atoms with Gasteiger partial charge in [-0.05, 0) is 51.9 Å². The van der Waals surface area contributed by atoms with Gasteiger partial charge in [0.1, 0.15) is 22.7 Å². The molecule has 2 aliphatic heterocycles. The van der Waals surface area contributed by atoms with E-state index in [9.17, 15) is 14.7 Å². The molecule has 0 radical (unpaired) electrons. The molecule has 0 aliphatic carbocycles. The summed E-state index contributed by atoms with van der Waals surface area (Å²) in [6.45, 7) is 12.2. The Hall–Kier alpha value is -2.56. The van der Waals surface area contributed by atoms with E-state index >= 15 is 0 Å². The molecule has 2 aliphatic rings. The third-order valence-electron chi connectivity index (χ3n) is 7.45. The highest BCUT2D eigenvalue weighted by Crippen LogP contribution is 2.37. The van der Waals surface area contributed by atoms with E-state index in [1.54, 1.807) is 4.90 Å². The van der Waals surface area contributed by atoms with Gasteiger partial charge in [-0.25, -0.2) is 9.78 Å². The van der Waals surface area contributed by atoms with Crippen molar-refractivity contribution >= 4 is 36.2 Å². The van der Waals surface area contributed by atoms with Crippen LogP contribution in [-0.4, -0.2) is 62.9 Å². The van der Waals surface area contributed by atoms with Crippen LogP contribution in [0.4, 0.5) is 4.79 Å². The van der Waals surface area contributed by atoms with Crippen molar-refractivity contribution in [3.63, 3.8) is 0 Å². The van der Waals surface area contributed by atoms with E-state index in [4.69, 9.17) is 25.9 Å². The maximum absolute atomic E-state index is 13.2. The second-order valence-electron chi connectivity index (χ2n) is 10.9. The summed E-state index contributed by atoms with van der Waals surface area (Å²) < 4.78 is 12.3. The number of H-pyrrole nitrogens is 1. The fourth-order valence-corrected chi connectivity index (χ4v) is 4.88. The Balaban J connectivity index is 1.53. The van der Waals surface area contributed by atoms with Crippen molar-refractivity contribution in [3.8, 4) is 11.3 Å². The number of carboxylic acid groups (broad SMARTS) is 1. The van der Waals surface area contributed by atoms with E-state index in [0.717, 1.165) is 17.4 Å². The molecule has 9 nitrogen and oxygen atoms in total. The Labute approximate surface area is 217 Å². The molecule has 2 amide bonds. The fraction of sp³-hybridized carbons (Fsp3) is 0.560. The Bertz CT molecular complexity index is 1120. The molecule has 0 unspecified atom stereocenters. The number of benzene rings is 1. The Morgan fingerprint density at radius 3 is 2.36 bits per heavy atom. The maximum atomic E-state index is 13.2. The van der Waals surface area contributed by atoms with E-state index in [1.807, 2.05) is 65.8 Å². The minimum absolute atomic E-state index is 0.187. The van der Waals surface area contributed by atoms with E-state index in [2.05, 4.69) is 10.3 Å². The van der Waals surface area contributed by atoms with Crippen molar-refractivity contribution in [1.82, 2.24) is 20.2 Å². The summed E-state index contributed by atoms with van der Waals surface area (Å²) in [5, 5.41) is 11.9. The molecule has 0 spiro atoms. The molecule has 2 aromatic rings. The highest BCUT2D eigenvalue weighted by Gasteiger charge is 2.51. The van der Waals surface area contributed by atoms with Gasteiger partial charge in [0.05, 0.1) is 17.2 Å². The highest BCUT2D eigenvalue weighted by atomic mass is 35.5. The van der Waals surface area contributed by atoms with E-state index < -0.39 is 30.5 Å². The molecule has 2 fully saturated rings. The predicted molar refractivity (Wildman–Crippen MR) is 138 cm³/mol. The van der Waals surface area contributed by atoms with Gasteiger partial charge in [0.2, 0.25) is 5.91 Å². The molecule has 0 saturated carbocycles. The van der Waals surface area contributed by atoms with Crippen molar-refractivity contribution in [3.05, 3.63) is 35.2 Å². The number of rotatable bonds is 6. The maximum Gasteiger partial charge on any atom is 0.494 e. The first-order chi connectivity index (χ1) is 16.8. The SMILES string of the molecule is CC(C)[C@H](NC(=O)O)C(=O)N1CCC[C@H]1c1nc(-c2ccc(B3OC(C)(C)C(C)(C)O3)cc2)c(Cl)[nH]1. The molecule has 1 aromatic heterocycles. The summed E-state index contributed by atoms with van der Waals surface area (Å²) in [6, 6.07) is 6.61. The van der Waals surface area contributed by atoms with Gasteiger partial charge in [-0.15, -0.1) is 0 Å². The third kappa shape index (κ3) is 4.99. The largest absolute Gasteiger partial charge is 0.494 e. The number of nitrogens with one attached hydrogen (secondary N) is 2. The van der Waals surface area contributed by atoms with Crippen molar-refractivity contribution in [2.75, 3.05) is 6.54 Å². The molecule has 36 heavy (non-hydrogen) atoms. The first-order valence-electron chi connectivity index (χ1n) is 12.3. The number of aromatic amines is 1. The van der Waals surface area contributed by atoms with Gasteiger partial charge in [-0.2, -0.15) is 0 Å². The molecule has 4 rings (SSSR count). The van der Waals surface area contributed by atoms with Crippen LogP contribution in [0.2, 0.25) is 5.15 Å². The highest BCUT2D eigenvalue weighted by molar-refractivity contribution is 6.62. The van der Waals surface area contributed by atoms with Crippen LogP contribution >= 0.6 is 11.6 Å². The predicted octanol–water partition coefficient (Wildman–Crippen LogP) is 3.99. The number of carbonyl (C=O) groups is 2. The standard InChI is InChI=1S/C25H34BClN4O5/c1-14(2)18(29-23(33)34)22(32)31-13-7-8-17(31)21-28-19(20(27)30-21)15-9-11-16(12-10-15)26-35-24(3,4)25(5,6)36-26/h9-12,14,17-18,29H,7-8,13H2,1-6H3,(H,28,30)(H,33,34)/t17-,18-/m0/s1. The average molecular weight is 517 g/mol. The van der Waals surface area contributed by atoms with Crippen LogP contribution in [-0.2, 0) is 14.1 Å².